The van der Waals surface area contributed by atoms with Crippen molar-refractivity contribution in [2.24, 2.45) is 11.8 Å². The van der Waals surface area contributed by atoms with Gasteiger partial charge in [-0.15, -0.1) is 0 Å². The summed E-state index contributed by atoms with van der Waals surface area (Å²) in [5, 5.41) is 10.9. The molecule has 4 nitrogen and oxygen atoms in total. The molecule has 2 rings (SSSR count). The van der Waals surface area contributed by atoms with Crippen LogP contribution in [0.2, 0.25) is 0 Å². The molecule has 0 radical (unpaired) electrons. The van der Waals surface area contributed by atoms with Crippen LogP contribution in [-0.4, -0.2) is 10.7 Å². The van der Waals surface area contributed by atoms with E-state index in [9.17, 15) is 14.9 Å². The Morgan fingerprint density at radius 1 is 1.37 bits per heavy atom. The van der Waals surface area contributed by atoms with Crippen molar-refractivity contribution in [3.63, 3.8) is 0 Å². The summed E-state index contributed by atoms with van der Waals surface area (Å²) < 4.78 is 0. The topological polar surface area (TPSA) is 60.2 Å². The third kappa shape index (κ3) is 3.40. The fraction of sp³-hybridized carbons (Fsp3) is 0.533. The second-order valence-electron chi connectivity index (χ2n) is 5.47. The number of carbonyl (C=O) groups is 1. The summed E-state index contributed by atoms with van der Waals surface area (Å²) in [6, 6.07) is 6.80. The zero-order valence-corrected chi connectivity index (χ0v) is 11.2. The average molecular weight is 261 g/mol. The van der Waals surface area contributed by atoms with E-state index in [1.54, 1.807) is 12.1 Å². The molecule has 0 aliphatic heterocycles. The molecule has 0 amide bonds. The first-order chi connectivity index (χ1) is 9.08. The van der Waals surface area contributed by atoms with E-state index >= 15 is 0 Å². The van der Waals surface area contributed by atoms with E-state index in [-0.39, 0.29) is 16.5 Å². The molecular weight excluding hydrogens is 242 g/mol. The number of ketones is 1. The second kappa shape index (κ2) is 5.95. The van der Waals surface area contributed by atoms with Crippen molar-refractivity contribution in [2.75, 3.05) is 0 Å². The summed E-state index contributed by atoms with van der Waals surface area (Å²) in [6.07, 6.45) is 3.93. The molecule has 102 valence electrons. The number of hydrogen-bond acceptors (Lipinski definition) is 3. The Morgan fingerprint density at radius 2 is 2.11 bits per heavy atom. The molecule has 0 heterocycles. The van der Waals surface area contributed by atoms with E-state index in [0.717, 1.165) is 24.8 Å². The predicted octanol–water partition coefficient (Wildman–Crippen LogP) is 3.53. The van der Waals surface area contributed by atoms with Gasteiger partial charge in [0, 0.05) is 24.0 Å². The number of rotatable bonds is 4. The van der Waals surface area contributed by atoms with Gasteiger partial charge in [0.2, 0.25) is 0 Å². The first-order valence-electron chi connectivity index (χ1n) is 6.83. The van der Waals surface area contributed by atoms with Crippen molar-refractivity contribution in [1.29, 1.82) is 0 Å². The molecule has 1 saturated carbocycles. The Hall–Kier alpha value is -1.71. The van der Waals surface area contributed by atoms with Crippen molar-refractivity contribution in [1.82, 2.24) is 0 Å². The molecule has 0 N–H and O–H groups in total. The van der Waals surface area contributed by atoms with E-state index in [1.165, 1.54) is 6.07 Å². The standard InChI is InChI=1S/C15H19NO3/c1-11-6-9-15(17)13(10-11)8-7-12-4-2-3-5-14(12)16(18)19/h2-5,11,13H,6-10H2,1H3. The molecule has 1 aliphatic carbocycles. The highest BCUT2D eigenvalue weighted by Gasteiger charge is 2.26. The van der Waals surface area contributed by atoms with Crippen LogP contribution in [0.1, 0.15) is 38.2 Å². The van der Waals surface area contributed by atoms with Gasteiger partial charge in [0.15, 0.2) is 0 Å². The zero-order chi connectivity index (χ0) is 13.8. The third-order valence-electron chi connectivity index (χ3n) is 3.98. The number of benzene rings is 1. The lowest BCUT2D eigenvalue weighted by atomic mass is 9.79. The van der Waals surface area contributed by atoms with Crippen LogP contribution in [-0.2, 0) is 11.2 Å². The summed E-state index contributed by atoms with van der Waals surface area (Å²) in [5.41, 5.74) is 0.900. The van der Waals surface area contributed by atoms with Gasteiger partial charge < -0.3 is 0 Å². The largest absolute Gasteiger partial charge is 0.299 e. The Kier molecular flexibility index (Phi) is 4.30. The molecule has 1 aliphatic rings. The summed E-state index contributed by atoms with van der Waals surface area (Å²) in [5.74, 6) is 1.01. The molecule has 19 heavy (non-hydrogen) atoms. The molecule has 0 bridgehead atoms. The molecular formula is C15H19NO3. The molecule has 0 aromatic heterocycles. The van der Waals surface area contributed by atoms with Crippen LogP contribution in [0.15, 0.2) is 24.3 Å². The average Bonchev–Trinajstić information content (AvgIpc) is 2.40. The van der Waals surface area contributed by atoms with Crippen LogP contribution in [0.5, 0.6) is 0 Å². The Morgan fingerprint density at radius 3 is 2.84 bits per heavy atom. The molecule has 0 saturated heterocycles. The molecule has 2 atom stereocenters. The van der Waals surface area contributed by atoms with Gasteiger partial charge in [-0.05, 0) is 31.6 Å². The van der Waals surface area contributed by atoms with Crippen LogP contribution in [0.3, 0.4) is 0 Å². The van der Waals surface area contributed by atoms with E-state index < -0.39 is 0 Å². The van der Waals surface area contributed by atoms with Crippen LogP contribution in [0, 0.1) is 22.0 Å². The van der Waals surface area contributed by atoms with Crippen molar-refractivity contribution in [2.45, 2.75) is 39.0 Å². The number of Topliss-reactive ketones (excluding diaryl/α,β-unsaturated/α-hetero) is 1. The first kappa shape index (κ1) is 13.7. The Balaban J connectivity index is 2.02. The minimum Gasteiger partial charge on any atom is -0.299 e. The minimum atomic E-state index is -0.347. The van der Waals surface area contributed by atoms with Crippen LogP contribution < -0.4 is 0 Å². The van der Waals surface area contributed by atoms with Gasteiger partial charge in [-0.3, -0.25) is 14.9 Å². The van der Waals surface area contributed by atoms with Gasteiger partial charge in [0.25, 0.3) is 5.69 Å². The van der Waals surface area contributed by atoms with Crippen molar-refractivity contribution in [3.8, 4) is 0 Å². The number of para-hydroxylation sites is 1. The lowest BCUT2D eigenvalue weighted by Gasteiger charge is -2.25. The van der Waals surface area contributed by atoms with Crippen molar-refractivity contribution in [3.05, 3.63) is 39.9 Å². The van der Waals surface area contributed by atoms with Crippen LogP contribution in [0.4, 0.5) is 5.69 Å². The minimum absolute atomic E-state index is 0.0866. The van der Waals surface area contributed by atoms with Gasteiger partial charge in [-0.1, -0.05) is 25.1 Å². The summed E-state index contributed by atoms with van der Waals surface area (Å²) in [4.78, 5) is 22.4. The first-order valence-corrected chi connectivity index (χ1v) is 6.83. The fourth-order valence-corrected chi connectivity index (χ4v) is 2.84. The monoisotopic (exact) mass is 261 g/mol. The highest BCUT2D eigenvalue weighted by atomic mass is 16.6. The van der Waals surface area contributed by atoms with Gasteiger partial charge in [0.1, 0.15) is 5.78 Å². The highest BCUT2D eigenvalue weighted by molar-refractivity contribution is 5.81. The van der Waals surface area contributed by atoms with Crippen molar-refractivity contribution < 1.29 is 9.72 Å². The quantitative estimate of drug-likeness (QED) is 0.615. The van der Waals surface area contributed by atoms with Crippen molar-refractivity contribution >= 4 is 11.5 Å². The highest BCUT2D eigenvalue weighted by Crippen LogP contribution is 2.30. The maximum absolute atomic E-state index is 11.8. The lowest BCUT2D eigenvalue weighted by Crippen LogP contribution is -2.24. The summed E-state index contributed by atoms with van der Waals surface area (Å²) >= 11 is 0. The molecule has 1 aromatic carbocycles. The van der Waals surface area contributed by atoms with E-state index in [0.29, 0.717) is 24.5 Å². The van der Waals surface area contributed by atoms with E-state index in [2.05, 4.69) is 6.92 Å². The molecule has 2 unspecified atom stereocenters. The molecule has 1 fully saturated rings. The second-order valence-corrected chi connectivity index (χ2v) is 5.47. The maximum Gasteiger partial charge on any atom is 0.272 e. The summed E-state index contributed by atoms with van der Waals surface area (Å²) in [7, 11) is 0. The molecule has 1 aromatic rings. The van der Waals surface area contributed by atoms with Crippen LogP contribution >= 0.6 is 0 Å². The van der Waals surface area contributed by atoms with E-state index in [1.807, 2.05) is 6.07 Å². The normalized spacial score (nSPS) is 23.3. The number of aryl methyl sites for hydroxylation is 1. The van der Waals surface area contributed by atoms with Gasteiger partial charge in [-0.2, -0.15) is 0 Å². The number of nitro groups is 1. The fourth-order valence-electron chi connectivity index (χ4n) is 2.84. The maximum atomic E-state index is 11.8. The molecule has 4 heteroatoms. The third-order valence-corrected chi connectivity index (χ3v) is 3.98. The van der Waals surface area contributed by atoms with Gasteiger partial charge >= 0.3 is 0 Å². The number of carbonyl (C=O) groups excluding carboxylic acids is 1. The SMILES string of the molecule is CC1CCC(=O)C(CCc2ccccc2[N+](=O)[O-])C1. The van der Waals surface area contributed by atoms with Gasteiger partial charge in [-0.25, -0.2) is 0 Å². The number of nitrogens with zero attached hydrogens (tertiary/aromatic N) is 1. The predicted molar refractivity (Wildman–Crippen MR) is 72.9 cm³/mol. The number of hydrogen-bond donors (Lipinski definition) is 0. The zero-order valence-electron chi connectivity index (χ0n) is 11.2. The Labute approximate surface area is 113 Å². The smallest absolute Gasteiger partial charge is 0.272 e. The summed E-state index contributed by atoms with van der Waals surface area (Å²) in [6.45, 7) is 2.17. The van der Waals surface area contributed by atoms with Gasteiger partial charge in [0.05, 0.1) is 4.92 Å². The Bertz CT molecular complexity index is 484. The lowest BCUT2D eigenvalue weighted by molar-refractivity contribution is -0.385. The van der Waals surface area contributed by atoms with E-state index in [4.69, 9.17) is 0 Å². The van der Waals surface area contributed by atoms with Crippen LogP contribution in [0.25, 0.3) is 0 Å². The molecule has 0 spiro atoms. The number of nitro benzene ring substituents is 1.